The summed E-state index contributed by atoms with van der Waals surface area (Å²) >= 11 is 3.25. The number of nitrogens with zero attached hydrogens (tertiary/aromatic N) is 2. The Morgan fingerprint density at radius 3 is 2.88 bits per heavy atom. The Kier molecular flexibility index (Phi) is 4.78. The average Bonchev–Trinajstić information content (AvgIpc) is 2.84. The maximum absolute atomic E-state index is 12.0. The van der Waals surface area contributed by atoms with Crippen LogP contribution in [0.1, 0.15) is 18.1 Å². The molecule has 0 aromatic heterocycles. The maximum atomic E-state index is 12.0. The van der Waals surface area contributed by atoms with Gasteiger partial charge >= 0.3 is 0 Å². The van der Waals surface area contributed by atoms with Gasteiger partial charge in [0.25, 0.3) is 10.0 Å². The van der Waals surface area contributed by atoms with Crippen molar-refractivity contribution in [3.8, 4) is 11.5 Å². The second-order valence-electron chi connectivity index (χ2n) is 5.06. The molecule has 0 aliphatic carbocycles. The summed E-state index contributed by atoms with van der Waals surface area (Å²) in [5, 5.41) is 13.9. The van der Waals surface area contributed by atoms with Gasteiger partial charge < -0.3 is 9.84 Å². The maximum Gasteiger partial charge on any atom is 0.285 e. The number of nitrogens with one attached hydrogen (secondary N) is 1. The highest BCUT2D eigenvalue weighted by atomic mass is 79.9. The molecule has 2 aromatic carbocycles. The number of hydrazone groups is 1. The van der Waals surface area contributed by atoms with Gasteiger partial charge in [-0.05, 0) is 52.7 Å². The van der Waals surface area contributed by atoms with Gasteiger partial charge in [0.05, 0.1) is 17.3 Å². The first-order chi connectivity index (χ1) is 11.9. The predicted molar refractivity (Wildman–Crippen MR) is 97.9 cm³/mol. The largest absolute Gasteiger partial charge is 0.503 e. The monoisotopic (exact) mass is 423 g/mol. The lowest BCUT2D eigenvalue weighted by Gasteiger charge is -2.08. The Balaban J connectivity index is 1.83. The summed E-state index contributed by atoms with van der Waals surface area (Å²) in [7, 11) is -3.69. The number of phenols is 1. The summed E-state index contributed by atoms with van der Waals surface area (Å²) in [6.07, 6.45) is 1.47. The number of fused-ring (bicyclic) bond motifs is 1. The number of amidine groups is 1. The SMILES string of the molecule is CCOc1cc(C=NNC2=NS(=O)(=O)c3ccccc32)cc(Br)c1O. The number of hydrogen-bond donors (Lipinski definition) is 2. The highest BCUT2D eigenvalue weighted by Gasteiger charge is 2.28. The van der Waals surface area contributed by atoms with E-state index in [2.05, 4.69) is 30.9 Å². The van der Waals surface area contributed by atoms with Crippen molar-refractivity contribution >= 4 is 38.0 Å². The van der Waals surface area contributed by atoms with Crippen LogP contribution >= 0.6 is 15.9 Å². The lowest BCUT2D eigenvalue weighted by molar-refractivity contribution is 0.317. The van der Waals surface area contributed by atoms with Crippen LogP contribution in [-0.2, 0) is 10.0 Å². The minimum atomic E-state index is -3.69. The molecule has 0 atom stereocenters. The van der Waals surface area contributed by atoms with Crippen molar-refractivity contribution in [3.05, 3.63) is 52.0 Å². The average molecular weight is 424 g/mol. The Labute approximate surface area is 153 Å². The quantitative estimate of drug-likeness (QED) is 0.581. The number of phenolic OH excluding ortho intramolecular Hbond substituents is 1. The van der Waals surface area contributed by atoms with E-state index in [-0.39, 0.29) is 16.5 Å². The van der Waals surface area contributed by atoms with Crippen LogP contribution < -0.4 is 10.2 Å². The van der Waals surface area contributed by atoms with Gasteiger partial charge in [0.1, 0.15) is 4.90 Å². The third-order valence-electron chi connectivity index (χ3n) is 3.37. The second kappa shape index (κ2) is 6.85. The van der Waals surface area contributed by atoms with E-state index in [0.29, 0.717) is 28.0 Å². The van der Waals surface area contributed by atoms with E-state index in [1.807, 2.05) is 6.92 Å². The number of benzene rings is 2. The molecule has 0 bridgehead atoms. The smallest absolute Gasteiger partial charge is 0.285 e. The van der Waals surface area contributed by atoms with Gasteiger partial charge in [0, 0.05) is 5.56 Å². The lowest BCUT2D eigenvalue weighted by Crippen LogP contribution is -2.17. The minimum absolute atomic E-state index is 0.00662. The van der Waals surface area contributed by atoms with Crippen LogP contribution in [0.3, 0.4) is 0 Å². The fraction of sp³-hybridized carbons (Fsp3) is 0.125. The van der Waals surface area contributed by atoms with Gasteiger partial charge in [-0.25, -0.2) is 0 Å². The molecule has 25 heavy (non-hydrogen) atoms. The standard InChI is InChI=1S/C16H14BrN3O4S/c1-2-24-13-8-10(7-12(17)15(13)21)9-18-19-16-11-5-3-4-6-14(11)25(22,23)20-16/h3-9,21H,2H2,1H3,(H,19,20). The zero-order valence-electron chi connectivity index (χ0n) is 13.1. The summed E-state index contributed by atoms with van der Waals surface area (Å²) < 4.78 is 33.4. The molecule has 3 rings (SSSR count). The molecule has 0 unspecified atom stereocenters. The zero-order chi connectivity index (χ0) is 18.0. The Hall–Kier alpha value is -2.39. The summed E-state index contributed by atoms with van der Waals surface area (Å²) in [6, 6.07) is 9.80. The molecule has 9 heteroatoms. The van der Waals surface area contributed by atoms with Crippen LogP contribution in [0, 0.1) is 0 Å². The van der Waals surface area contributed by atoms with Gasteiger partial charge in [-0.1, -0.05) is 12.1 Å². The lowest BCUT2D eigenvalue weighted by atomic mass is 10.2. The summed E-state index contributed by atoms with van der Waals surface area (Å²) in [5.74, 6) is 0.492. The van der Waals surface area contributed by atoms with Gasteiger partial charge in [-0.3, -0.25) is 5.43 Å². The van der Waals surface area contributed by atoms with Crippen molar-refractivity contribution in [2.45, 2.75) is 11.8 Å². The number of ether oxygens (including phenoxy) is 1. The normalized spacial score (nSPS) is 15.0. The molecule has 0 saturated heterocycles. The van der Waals surface area contributed by atoms with Gasteiger partial charge in [0.15, 0.2) is 17.3 Å². The summed E-state index contributed by atoms with van der Waals surface area (Å²) in [6.45, 7) is 2.22. The number of halogens is 1. The van der Waals surface area contributed by atoms with E-state index in [4.69, 9.17) is 4.74 Å². The highest BCUT2D eigenvalue weighted by Crippen LogP contribution is 2.35. The first-order valence-corrected chi connectivity index (χ1v) is 9.54. The van der Waals surface area contributed by atoms with E-state index >= 15 is 0 Å². The second-order valence-corrected chi connectivity index (χ2v) is 7.49. The fourth-order valence-corrected chi connectivity index (χ4v) is 3.92. The van der Waals surface area contributed by atoms with Crippen LogP contribution in [0.25, 0.3) is 0 Å². The molecule has 1 aliphatic heterocycles. The van der Waals surface area contributed by atoms with Gasteiger partial charge in [-0.2, -0.15) is 13.5 Å². The van der Waals surface area contributed by atoms with Crippen molar-refractivity contribution in [1.29, 1.82) is 0 Å². The molecule has 0 radical (unpaired) electrons. The molecule has 2 aromatic rings. The molecule has 1 heterocycles. The van der Waals surface area contributed by atoms with E-state index in [1.165, 1.54) is 12.3 Å². The molecule has 7 nitrogen and oxygen atoms in total. The van der Waals surface area contributed by atoms with Gasteiger partial charge in [0.2, 0.25) is 0 Å². The van der Waals surface area contributed by atoms with E-state index in [1.54, 1.807) is 30.3 Å². The van der Waals surface area contributed by atoms with E-state index < -0.39 is 10.0 Å². The number of sulfonamides is 1. The highest BCUT2D eigenvalue weighted by molar-refractivity contribution is 9.10. The number of hydrogen-bond acceptors (Lipinski definition) is 6. The predicted octanol–water partition coefficient (Wildman–Crippen LogP) is 2.63. The molecule has 0 fully saturated rings. The van der Waals surface area contributed by atoms with E-state index in [9.17, 15) is 13.5 Å². The Bertz CT molecular complexity index is 987. The molecule has 0 saturated carbocycles. The number of aromatic hydroxyl groups is 1. The number of rotatable bonds is 4. The van der Waals surface area contributed by atoms with Crippen molar-refractivity contribution < 1.29 is 18.3 Å². The first kappa shape index (κ1) is 17.4. The van der Waals surface area contributed by atoms with Crippen LogP contribution in [-0.4, -0.2) is 32.2 Å². The molecule has 1 aliphatic rings. The Morgan fingerprint density at radius 2 is 2.12 bits per heavy atom. The molecular formula is C16H14BrN3O4S. The van der Waals surface area contributed by atoms with Crippen LogP contribution in [0.5, 0.6) is 11.5 Å². The first-order valence-electron chi connectivity index (χ1n) is 7.31. The van der Waals surface area contributed by atoms with Crippen molar-refractivity contribution in [2.75, 3.05) is 6.61 Å². The fourth-order valence-electron chi connectivity index (χ4n) is 2.29. The van der Waals surface area contributed by atoms with E-state index in [0.717, 1.165) is 0 Å². The topological polar surface area (TPSA) is 100 Å². The molecular weight excluding hydrogens is 410 g/mol. The molecule has 0 amide bonds. The summed E-state index contributed by atoms with van der Waals surface area (Å²) in [4.78, 5) is 0.152. The van der Waals surface area contributed by atoms with Crippen LogP contribution in [0.4, 0.5) is 0 Å². The zero-order valence-corrected chi connectivity index (χ0v) is 15.5. The molecule has 130 valence electrons. The third-order valence-corrected chi connectivity index (χ3v) is 5.31. The van der Waals surface area contributed by atoms with Crippen molar-refractivity contribution in [3.63, 3.8) is 0 Å². The van der Waals surface area contributed by atoms with Crippen LogP contribution in [0.2, 0.25) is 0 Å². The van der Waals surface area contributed by atoms with Crippen molar-refractivity contribution in [1.82, 2.24) is 5.43 Å². The van der Waals surface area contributed by atoms with Gasteiger partial charge in [-0.15, -0.1) is 4.40 Å². The Morgan fingerprint density at radius 1 is 1.36 bits per heavy atom. The van der Waals surface area contributed by atoms with Crippen LogP contribution in [0.15, 0.2) is 55.3 Å². The minimum Gasteiger partial charge on any atom is -0.503 e. The third kappa shape index (κ3) is 3.52. The van der Waals surface area contributed by atoms with Crippen molar-refractivity contribution in [2.24, 2.45) is 9.50 Å². The molecule has 2 N–H and O–H groups in total. The summed E-state index contributed by atoms with van der Waals surface area (Å²) in [5.41, 5.74) is 3.77. The molecule has 0 spiro atoms.